The molecule has 0 aliphatic heterocycles. The molecule has 2 aromatic rings. The van der Waals surface area contributed by atoms with Crippen LogP contribution in [0.2, 0.25) is 0 Å². The molecule has 0 aliphatic carbocycles. The van der Waals surface area contributed by atoms with Crippen molar-refractivity contribution in [2.24, 2.45) is 0 Å². The number of thiophene rings is 1. The molecule has 0 fully saturated rings. The van der Waals surface area contributed by atoms with Crippen molar-refractivity contribution in [2.45, 2.75) is 6.92 Å². The van der Waals surface area contributed by atoms with E-state index in [-0.39, 0.29) is 5.75 Å². The zero-order valence-electron chi connectivity index (χ0n) is 6.47. The Bertz CT molecular complexity index is 433. The van der Waals surface area contributed by atoms with Crippen molar-refractivity contribution in [3.05, 3.63) is 28.9 Å². The molecule has 0 spiro atoms. The van der Waals surface area contributed by atoms with Gasteiger partial charge < -0.3 is 5.11 Å². The predicted octanol–water partition coefficient (Wildman–Crippen LogP) is 3.05. The monoisotopic (exact) mass is 182 g/mol. The van der Waals surface area contributed by atoms with Gasteiger partial charge in [0.15, 0.2) is 11.6 Å². The van der Waals surface area contributed by atoms with Crippen LogP contribution >= 0.6 is 11.3 Å². The van der Waals surface area contributed by atoms with Crippen LogP contribution in [0.15, 0.2) is 17.5 Å². The molecular formula is C9H7FOS. The first-order chi connectivity index (χ1) is 5.70. The highest BCUT2D eigenvalue weighted by Crippen LogP contribution is 2.33. The Morgan fingerprint density at radius 1 is 1.50 bits per heavy atom. The maximum Gasteiger partial charge on any atom is 0.169 e. The van der Waals surface area contributed by atoms with E-state index in [9.17, 15) is 9.50 Å². The van der Waals surface area contributed by atoms with E-state index in [0.29, 0.717) is 10.3 Å². The Morgan fingerprint density at radius 3 is 3.00 bits per heavy atom. The first-order valence-electron chi connectivity index (χ1n) is 3.55. The van der Waals surface area contributed by atoms with Crippen LogP contribution in [0, 0.1) is 12.7 Å². The average Bonchev–Trinajstić information content (AvgIpc) is 2.48. The van der Waals surface area contributed by atoms with E-state index in [4.69, 9.17) is 0 Å². The molecule has 0 amide bonds. The molecular weight excluding hydrogens is 175 g/mol. The van der Waals surface area contributed by atoms with Crippen LogP contribution in [0.4, 0.5) is 4.39 Å². The summed E-state index contributed by atoms with van der Waals surface area (Å²) in [6.45, 7) is 1.64. The lowest BCUT2D eigenvalue weighted by Gasteiger charge is -2.00. The van der Waals surface area contributed by atoms with Gasteiger partial charge in [-0.05, 0) is 35.4 Å². The summed E-state index contributed by atoms with van der Waals surface area (Å²) in [4.78, 5) is 0. The minimum Gasteiger partial charge on any atom is -0.504 e. The molecule has 1 aromatic heterocycles. The standard InChI is InChI=1S/C9H7FOS/c1-5-4-6-2-3-12-9(6)8(11)7(5)10/h2-4,11H,1H3. The van der Waals surface area contributed by atoms with E-state index in [1.807, 2.05) is 11.4 Å². The molecule has 0 radical (unpaired) electrons. The number of benzene rings is 1. The summed E-state index contributed by atoms with van der Waals surface area (Å²) in [6.07, 6.45) is 0. The zero-order chi connectivity index (χ0) is 8.72. The van der Waals surface area contributed by atoms with Crippen molar-refractivity contribution in [2.75, 3.05) is 0 Å². The second-order valence-electron chi connectivity index (χ2n) is 2.70. The van der Waals surface area contributed by atoms with Gasteiger partial charge in [-0.2, -0.15) is 0 Å². The smallest absolute Gasteiger partial charge is 0.169 e. The fourth-order valence-corrected chi connectivity index (χ4v) is 2.02. The molecule has 0 atom stereocenters. The number of aromatic hydroxyl groups is 1. The summed E-state index contributed by atoms with van der Waals surface area (Å²) in [7, 11) is 0. The highest BCUT2D eigenvalue weighted by molar-refractivity contribution is 7.17. The van der Waals surface area contributed by atoms with Crippen LogP contribution < -0.4 is 0 Å². The normalized spacial score (nSPS) is 10.8. The minimum absolute atomic E-state index is 0.222. The molecule has 12 heavy (non-hydrogen) atoms. The Kier molecular flexibility index (Phi) is 1.54. The summed E-state index contributed by atoms with van der Waals surface area (Å²) in [5.74, 6) is -0.732. The molecule has 62 valence electrons. The maximum absolute atomic E-state index is 13.1. The largest absolute Gasteiger partial charge is 0.504 e. The minimum atomic E-state index is -0.509. The summed E-state index contributed by atoms with van der Waals surface area (Å²) in [5, 5.41) is 12.1. The van der Waals surface area contributed by atoms with Crippen LogP contribution in [-0.4, -0.2) is 5.11 Å². The van der Waals surface area contributed by atoms with Gasteiger partial charge in [0.05, 0.1) is 4.70 Å². The number of hydrogen-bond acceptors (Lipinski definition) is 2. The highest BCUT2D eigenvalue weighted by atomic mass is 32.1. The van der Waals surface area contributed by atoms with Gasteiger partial charge in [0.25, 0.3) is 0 Å². The summed E-state index contributed by atoms with van der Waals surface area (Å²) in [5.41, 5.74) is 0.485. The predicted molar refractivity (Wildman–Crippen MR) is 48.2 cm³/mol. The molecule has 1 N–H and O–H groups in total. The van der Waals surface area contributed by atoms with E-state index in [1.165, 1.54) is 11.3 Å². The van der Waals surface area contributed by atoms with Gasteiger partial charge >= 0.3 is 0 Å². The van der Waals surface area contributed by atoms with Crippen LogP contribution in [0.3, 0.4) is 0 Å². The van der Waals surface area contributed by atoms with E-state index in [1.54, 1.807) is 13.0 Å². The van der Waals surface area contributed by atoms with Gasteiger partial charge in [-0.15, -0.1) is 11.3 Å². The summed E-state index contributed by atoms with van der Waals surface area (Å²) < 4.78 is 13.7. The van der Waals surface area contributed by atoms with E-state index >= 15 is 0 Å². The van der Waals surface area contributed by atoms with Gasteiger partial charge in [0.1, 0.15) is 0 Å². The Balaban J connectivity index is 2.94. The van der Waals surface area contributed by atoms with Crippen molar-refractivity contribution in [3.63, 3.8) is 0 Å². The molecule has 0 saturated carbocycles. The SMILES string of the molecule is Cc1cc2ccsc2c(O)c1F. The van der Waals surface area contributed by atoms with Crippen LogP contribution in [0.1, 0.15) is 5.56 Å². The quantitative estimate of drug-likeness (QED) is 0.663. The lowest BCUT2D eigenvalue weighted by molar-refractivity contribution is 0.437. The second-order valence-corrected chi connectivity index (χ2v) is 3.61. The third kappa shape index (κ3) is 0.898. The third-order valence-corrected chi connectivity index (χ3v) is 2.77. The van der Waals surface area contributed by atoms with Gasteiger partial charge in [-0.3, -0.25) is 0 Å². The number of phenols is 1. The fraction of sp³-hybridized carbons (Fsp3) is 0.111. The first-order valence-corrected chi connectivity index (χ1v) is 4.43. The lowest BCUT2D eigenvalue weighted by atomic mass is 10.1. The van der Waals surface area contributed by atoms with Gasteiger partial charge in [0, 0.05) is 0 Å². The number of aryl methyl sites for hydroxylation is 1. The van der Waals surface area contributed by atoms with Crippen molar-refractivity contribution < 1.29 is 9.50 Å². The van der Waals surface area contributed by atoms with Crippen molar-refractivity contribution >= 4 is 21.4 Å². The van der Waals surface area contributed by atoms with E-state index < -0.39 is 5.82 Å². The molecule has 0 aliphatic rings. The van der Waals surface area contributed by atoms with E-state index in [0.717, 1.165) is 5.39 Å². The summed E-state index contributed by atoms with van der Waals surface area (Å²) >= 11 is 1.35. The van der Waals surface area contributed by atoms with Gasteiger partial charge in [-0.25, -0.2) is 4.39 Å². The average molecular weight is 182 g/mol. The van der Waals surface area contributed by atoms with Crippen molar-refractivity contribution in [1.29, 1.82) is 0 Å². The van der Waals surface area contributed by atoms with Crippen LogP contribution in [-0.2, 0) is 0 Å². The first kappa shape index (κ1) is 7.55. The third-order valence-electron chi connectivity index (χ3n) is 1.84. The van der Waals surface area contributed by atoms with Crippen molar-refractivity contribution in [3.8, 4) is 5.75 Å². The lowest BCUT2D eigenvalue weighted by Crippen LogP contribution is -1.81. The Hall–Kier alpha value is -1.09. The molecule has 0 bridgehead atoms. The van der Waals surface area contributed by atoms with Crippen molar-refractivity contribution in [1.82, 2.24) is 0 Å². The number of phenolic OH excluding ortho intramolecular Hbond substituents is 1. The summed E-state index contributed by atoms with van der Waals surface area (Å²) in [6, 6.07) is 3.60. The molecule has 1 heterocycles. The molecule has 0 unspecified atom stereocenters. The van der Waals surface area contributed by atoms with Gasteiger partial charge in [0.2, 0.25) is 0 Å². The maximum atomic E-state index is 13.1. The molecule has 2 rings (SSSR count). The van der Waals surface area contributed by atoms with Crippen LogP contribution in [0.5, 0.6) is 5.75 Å². The molecule has 1 aromatic carbocycles. The Labute approximate surface area is 73.1 Å². The molecule has 3 heteroatoms. The fourth-order valence-electron chi connectivity index (χ4n) is 1.21. The molecule has 1 nitrogen and oxygen atoms in total. The van der Waals surface area contributed by atoms with E-state index in [2.05, 4.69) is 0 Å². The molecule has 0 saturated heterocycles. The Morgan fingerprint density at radius 2 is 2.25 bits per heavy atom. The highest BCUT2D eigenvalue weighted by Gasteiger charge is 2.09. The second kappa shape index (κ2) is 2.45. The number of rotatable bonds is 0. The number of fused-ring (bicyclic) bond motifs is 1. The van der Waals surface area contributed by atoms with Gasteiger partial charge in [-0.1, -0.05) is 0 Å². The topological polar surface area (TPSA) is 20.2 Å². The zero-order valence-corrected chi connectivity index (χ0v) is 7.28. The number of halogens is 1. The number of hydrogen-bond donors (Lipinski definition) is 1. The van der Waals surface area contributed by atoms with Crippen LogP contribution in [0.25, 0.3) is 10.1 Å².